The molecule has 0 radical (unpaired) electrons. The lowest BCUT2D eigenvalue weighted by Crippen LogP contribution is -1.76. The third kappa shape index (κ3) is 1.70. The van der Waals surface area contributed by atoms with Crippen molar-refractivity contribution >= 4 is 22.9 Å². The summed E-state index contributed by atoms with van der Waals surface area (Å²) in [6, 6.07) is 2.09. The third-order valence-corrected chi connectivity index (χ3v) is 2.46. The van der Waals surface area contributed by atoms with Crippen LogP contribution in [0.2, 0.25) is 4.34 Å². The number of hydrogen-bond donors (Lipinski definition) is 0. The highest BCUT2D eigenvalue weighted by Gasteiger charge is 1.97. The Morgan fingerprint density at radius 3 is 2.89 bits per heavy atom. The van der Waals surface area contributed by atoms with Crippen molar-refractivity contribution in [2.75, 3.05) is 0 Å². The van der Waals surface area contributed by atoms with E-state index in [1.165, 1.54) is 12.0 Å². The summed E-state index contributed by atoms with van der Waals surface area (Å²) in [6.07, 6.45) is 2.29. The van der Waals surface area contributed by atoms with Crippen LogP contribution in [0.4, 0.5) is 0 Å². The van der Waals surface area contributed by atoms with Gasteiger partial charge in [-0.05, 0) is 23.4 Å². The van der Waals surface area contributed by atoms with Crippen molar-refractivity contribution in [2.24, 2.45) is 0 Å². The third-order valence-electron chi connectivity index (χ3n) is 1.21. The fourth-order valence-electron chi connectivity index (χ4n) is 0.768. The minimum atomic E-state index is 0.955. The van der Waals surface area contributed by atoms with Gasteiger partial charge in [0.15, 0.2) is 0 Å². The number of hydrogen-bond acceptors (Lipinski definition) is 1. The first-order valence-corrected chi connectivity index (χ1v) is 4.32. The molecule has 0 aromatic carbocycles. The van der Waals surface area contributed by atoms with Crippen LogP contribution in [-0.2, 0) is 6.42 Å². The molecular weight excluding hydrogens is 152 g/mol. The van der Waals surface area contributed by atoms with Gasteiger partial charge in [-0.15, -0.1) is 11.3 Å². The molecule has 0 spiro atoms. The average molecular weight is 161 g/mol. The Morgan fingerprint density at radius 2 is 2.44 bits per heavy atom. The van der Waals surface area contributed by atoms with Crippen LogP contribution in [0.5, 0.6) is 0 Å². The number of thiophene rings is 1. The van der Waals surface area contributed by atoms with Gasteiger partial charge in [0.2, 0.25) is 0 Å². The normalized spacial score (nSPS) is 10.0. The molecule has 1 aromatic rings. The second-order valence-electron chi connectivity index (χ2n) is 1.97. The minimum absolute atomic E-state index is 0.955. The average Bonchev–Trinajstić information content (AvgIpc) is 2.18. The number of rotatable bonds is 2. The van der Waals surface area contributed by atoms with Gasteiger partial charge in [-0.1, -0.05) is 24.9 Å². The molecule has 1 rings (SSSR count). The molecule has 0 atom stereocenters. The molecule has 0 aliphatic carbocycles. The molecule has 0 saturated heterocycles. The summed E-state index contributed by atoms with van der Waals surface area (Å²) >= 11 is 7.45. The Labute approximate surface area is 64.5 Å². The zero-order valence-electron chi connectivity index (χ0n) is 5.36. The second kappa shape index (κ2) is 3.23. The second-order valence-corrected chi connectivity index (χ2v) is 3.49. The molecule has 2 heteroatoms. The van der Waals surface area contributed by atoms with Gasteiger partial charge in [-0.3, -0.25) is 0 Å². The summed E-state index contributed by atoms with van der Waals surface area (Å²) in [5, 5.41) is 2.04. The molecule has 1 heterocycles. The standard InChI is InChI=1S/C7H9ClS/c1-2-3-6-4-5-9-7(6)8/h4-5H,2-3H2,1H3. The maximum absolute atomic E-state index is 5.84. The highest BCUT2D eigenvalue weighted by Crippen LogP contribution is 2.23. The highest BCUT2D eigenvalue weighted by atomic mass is 35.5. The molecule has 0 bridgehead atoms. The van der Waals surface area contributed by atoms with E-state index >= 15 is 0 Å². The lowest BCUT2D eigenvalue weighted by molar-refractivity contribution is 0.927. The van der Waals surface area contributed by atoms with Crippen molar-refractivity contribution in [3.63, 3.8) is 0 Å². The Morgan fingerprint density at radius 1 is 1.67 bits per heavy atom. The van der Waals surface area contributed by atoms with E-state index in [2.05, 4.69) is 13.0 Å². The topological polar surface area (TPSA) is 0 Å². The summed E-state index contributed by atoms with van der Waals surface area (Å²) < 4.78 is 0.955. The van der Waals surface area contributed by atoms with Gasteiger partial charge in [0.05, 0.1) is 4.34 Å². The first-order valence-electron chi connectivity index (χ1n) is 3.06. The van der Waals surface area contributed by atoms with Crippen molar-refractivity contribution in [1.82, 2.24) is 0 Å². The minimum Gasteiger partial charge on any atom is -0.132 e. The van der Waals surface area contributed by atoms with Gasteiger partial charge in [0.1, 0.15) is 0 Å². The Kier molecular flexibility index (Phi) is 2.55. The summed E-state index contributed by atoms with van der Waals surface area (Å²) in [5.74, 6) is 0. The number of halogens is 1. The monoisotopic (exact) mass is 160 g/mol. The first-order chi connectivity index (χ1) is 4.34. The van der Waals surface area contributed by atoms with Gasteiger partial charge >= 0.3 is 0 Å². The van der Waals surface area contributed by atoms with E-state index in [-0.39, 0.29) is 0 Å². The van der Waals surface area contributed by atoms with Gasteiger partial charge in [0.25, 0.3) is 0 Å². The molecule has 50 valence electrons. The molecule has 0 aliphatic heterocycles. The van der Waals surface area contributed by atoms with Crippen LogP contribution < -0.4 is 0 Å². The van der Waals surface area contributed by atoms with Gasteiger partial charge < -0.3 is 0 Å². The largest absolute Gasteiger partial charge is 0.132 e. The van der Waals surface area contributed by atoms with Crippen LogP contribution in [0.3, 0.4) is 0 Å². The molecule has 9 heavy (non-hydrogen) atoms. The Hall–Kier alpha value is -0.0100. The fourth-order valence-corrected chi connectivity index (χ4v) is 1.75. The molecule has 0 N–H and O–H groups in total. The SMILES string of the molecule is CCCc1ccsc1Cl. The fraction of sp³-hybridized carbons (Fsp3) is 0.429. The molecule has 0 aliphatic rings. The van der Waals surface area contributed by atoms with Gasteiger partial charge in [0, 0.05) is 0 Å². The highest BCUT2D eigenvalue weighted by molar-refractivity contribution is 7.14. The van der Waals surface area contributed by atoms with Crippen molar-refractivity contribution < 1.29 is 0 Å². The van der Waals surface area contributed by atoms with Crippen LogP contribution in [0.25, 0.3) is 0 Å². The van der Waals surface area contributed by atoms with Crippen LogP contribution in [0, 0.1) is 0 Å². The summed E-state index contributed by atoms with van der Waals surface area (Å²) in [7, 11) is 0. The van der Waals surface area contributed by atoms with E-state index in [1.807, 2.05) is 5.38 Å². The predicted molar refractivity (Wildman–Crippen MR) is 43.3 cm³/mol. The predicted octanol–water partition coefficient (Wildman–Crippen LogP) is 3.35. The van der Waals surface area contributed by atoms with Crippen LogP contribution >= 0.6 is 22.9 Å². The molecule has 0 saturated carbocycles. The first kappa shape index (κ1) is 7.10. The van der Waals surface area contributed by atoms with E-state index in [9.17, 15) is 0 Å². The van der Waals surface area contributed by atoms with E-state index in [0.717, 1.165) is 10.8 Å². The smallest absolute Gasteiger partial charge is 0.0960 e. The lowest BCUT2D eigenvalue weighted by Gasteiger charge is -1.90. The zero-order valence-corrected chi connectivity index (χ0v) is 6.93. The quantitative estimate of drug-likeness (QED) is 0.623. The van der Waals surface area contributed by atoms with E-state index in [1.54, 1.807) is 11.3 Å². The van der Waals surface area contributed by atoms with E-state index in [0.29, 0.717) is 0 Å². The Bertz CT molecular complexity index is 181. The summed E-state index contributed by atoms with van der Waals surface area (Å²) in [5.41, 5.74) is 1.30. The maximum atomic E-state index is 5.84. The Balaban J connectivity index is 2.69. The molecule has 0 amide bonds. The molecular formula is C7H9ClS. The van der Waals surface area contributed by atoms with Gasteiger partial charge in [-0.2, -0.15) is 0 Å². The van der Waals surface area contributed by atoms with Crippen molar-refractivity contribution in [1.29, 1.82) is 0 Å². The summed E-state index contributed by atoms with van der Waals surface area (Å²) in [6.45, 7) is 2.16. The van der Waals surface area contributed by atoms with Crippen LogP contribution in [0.1, 0.15) is 18.9 Å². The van der Waals surface area contributed by atoms with Gasteiger partial charge in [-0.25, -0.2) is 0 Å². The number of aryl methyl sites for hydroxylation is 1. The van der Waals surface area contributed by atoms with Crippen LogP contribution in [-0.4, -0.2) is 0 Å². The van der Waals surface area contributed by atoms with E-state index in [4.69, 9.17) is 11.6 Å². The van der Waals surface area contributed by atoms with E-state index < -0.39 is 0 Å². The molecule has 1 aromatic heterocycles. The lowest BCUT2D eigenvalue weighted by atomic mass is 10.2. The molecule has 0 nitrogen and oxygen atoms in total. The van der Waals surface area contributed by atoms with Crippen molar-refractivity contribution in [3.8, 4) is 0 Å². The zero-order chi connectivity index (χ0) is 6.69. The molecule has 0 unspecified atom stereocenters. The molecule has 0 fully saturated rings. The van der Waals surface area contributed by atoms with Crippen molar-refractivity contribution in [2.45, 2.75) is 19.8 Å². The summed E-state index contributed by atoms with van der Waals surface area (Å²) in [4.78, 5) is 0. The van der Waals surface area contributed by atoms with Crippen molar-refractivity contribution in [3.05, 3.63) is 21.3 Å². The van der Waals surface area contributed by atoms with Crippen LogP contribution in [0.15, 0.2) is 11.4 Å². The maximum Gasteiger partial charge on any atom is 0.0960 e.